The predicted molar refractivity (Wildman–Crippen MR) is 38.5 cm³/mol. The molecule has 0 aromatic carbocycles. The van der Waals surface area contributed by atoms with E-state index in [1.165, 1.54) is 0 Å². The van der Waals surface area contributed by atoms with Crippen molar-refractivity contribution in [3.05, 3.63) is 0 Å². The van der Waals surface area contributed by atoms with E-state index < -0.39 is 32.9 Å². The smallest absolute Gasteiger partial charge is 0.387 e. The minimum atomic E-state index is -2.81. The highest BCUT2D eigenvalue weighted by molar-refractivity contribution is 7.32. The van der Waals surface area contributed by atoms with E-state index in [4.69, 9.17) is 15.1 Å². The number of hydrogen-bond acceptors (Lipinski definition) is 5. The molecule has 0 bridgehead atoms. The maximum absolute atomic E-state index is 10.4. The zero-order valence-electron chi connectivity index (χ0n) is 6.38. The van der Waals surface area contributed by atoms with Gasteiger partial charge in [-0.15, -0.1) is 9.42 Å². The van der Waals surface area contributed by atoms with E-state index in [1.54, 1.807) is 0 Å². The summed E-state index contributed by atoms with van der Waals surface area (Å²) in [5, 5.41) is 17.8. The summed E-state index contributed by atoms with van der Waals surface area (Å²) in [6.45, 7) is 0.541. The Balaban J connectivity index is 3.79. The second kappa shape index (κ2) is 5.29. The van der Waals surface area contributed by atoms with Gasteiger partial charge in [0.05, 0.1) is 0 Å². The average molecular weight is 197 g/mol. The summed E-state index contributed by atoms with van der Waals surface area (Å²) in [7, 11) is -2.81. The topological polar surface area (TPSA) is 104 Å². The third-order valence-electron chi connectivity index (χ3n) is 1.14. The van der Waals surface area contributed by atoms with E-state index in [1.807, 2.05) is 0 Å². The molecule has 0 aliphatic rings. The Hall–Kier alpha value is -0.390. The number of aliphatic hydroxyl groups excluding tert-OH is 2. The summed E-state index contributed by atoms with van der Waals surface area (Å²) in [6.07, 6.45) is -3.03. The van der Waals surface area contributed by atoms with Crippen molar-refractivity contribution in [3.8, 4) is 0 Å². The van der Waals surface area contributed by atoms with Gasteiger partial charge in [0.1, 0.15) is 18.8 Å². The molecule has 0 fully saturated rings. The Bertz CT molecular complexity index is 181. The van der Waals surface area contributed by atoms with Gasteiger partial charge in [-0.2, -0.15) is 0 Å². The third kappa shape index (κ3) is 4.48. The summed E-state index contributed by atoms with van der Waals surface area (Å²) < 4.78 is 14.0. The van der Waals surface area contributed by atoms with Crippen LogP contribution >= 0.6 is 8.25 Å². The van der Waals surface area contributed by atoms with Gasteiger partial charge in [-0.25, -0.2) is 0 Å². The first-order valence-electron chi connectivity index (χ1n) is 3.10. The molecule has 0 rings (SSSR count). The van der Waals surface area contributed by atoms with Gasteiger partial charge in [0.2, 0.25) is 0 Å². The minimum absolute atomic E-state index is 0.549. The van der Waals surface area contributed by atoms with Crippen molar-refractivity contribution in [2.75, 3.05) is 6.61 Å². The van der Waals surface area contributed by atoms with Crippen LogP contribution in [0.15, 0.2) is 0 Å². The van der Waals surface area contributed by atoms with Crippen LogP contribution in [0.2, 0.25) is 0 Å². The van der Waals surface area contributed by atoms with E-state index in [0.717, 1.165) is 6.92 Å². The molecule has 12 heavy (non-hydrogen) atoms. The zero-order chi connectivity index (χ0) is 9.72. The van der Waals surface area contributed by atoms with Crippen LogP contribution in [0.4, 0.5) is 0 Å². The van der Waals surface area contributed by atoms with Crippen molar-refractivity contribution >= 4 is 14.0 Å². The van der Waals surface area contributed by atoms with Crippen LogP contribution in [0.5, 0.6) is 0 Å². The third-order valence-corrected chi connectivity index (χ3v) is 1.51. The lowest BCUT2D eigenvalue weighted by Gasteiger charge is -2.10. The molecule has 70 valence electrons. The number of ketones is 1. The Morgan fingerprint density at radius 1 is 1.58 bits per heavy atom. The van der Waals surface area contributed by atoms with Crippen molar-refractivity contribution < 1.29 is 29.0 Å². The van der Waals surface area contributed by atoms with E-state index in [0.29, 0.717) is 0 Å². The van der Waals surface area contributed by atoms with Crippen molar-refractivity contribution in [2.24, 2.45) is 0 Å². The molecule has 0 aliphatic heterocycles. The fraction of sp³-hybridized carbons (Fsp3) is 0.800. The molecular weight excluding hydrogens is 187 g/mol. The standard InChI is InChI=1S/C5H9O6P/c1-3(6)5(8)4(7)2-11-12(9)10/h4-5,7-8H,2H2,1H3/p+1. The quantitative estimate of drug-likeness (QED) is 0.486. The van der Waals surface area contributed by atoms with E-state index in [9.17, 15) is 9.36 Å². The Morgan fingerprint density at radius 2 is 2.08 bits per heavy atom. The lowest BCUT2D eigenvalue weighted by molar-refractivity contribution is -0.131. The van der Waals surface area contributed by atoms with Gasteiger partial charge in [0.25, 0.3) is 0 Å². The molecule has 0 aromatic heterocycles. The zero-order valence-corrected chi connectivity index (χ0v) is 7.27. The molecular formula is C5H10O6P+. The SMILES string of the molecule is CC(=O)C(O)C(O)CO[P+](=O)O. The van der Waals surface area contributed by atoms with Crippen LogP contribution in [0.1, 0.15) is 6.92 Å². The molecule has 3 atom stereocenters. The van der Waals surface area contributed by atoms with Gasteiger partial charge < -0.3 is 10.2 Å². The van der Waals surface area contributed by atoms with E-state index >= 15 is 0 Å². The lowest BCUT2D eigenvalue weighted by atomic mass is 10.1. The van der Waals surface area contributed by atoms with Gasteiger partial charge in [-0.05, 0) is 6.92 Å². The van der Waals surface area contributed by atoms with Gasteiger partial charge in [-0.1, -0.05) is 0 Å². The normalized spacial score (nSPS) is 16.8. The van der Waals surface area contributed by atoms with Gasteiger partial charge >= 0.3 is 8.25 Å². The molecule has 0 saturated heterocycles. The van der Waals surface area contributed by atoms with Gasteiger partial charge in [-0.3, -0.25) is 4.79 Å². The highest BCUT2D eigenvalue weighted by Gasteiger charge is 2.25. The van der Waals surface area contributed by atoms with Crippen LogP contribution in [0.3, 0.4) is 0 Å². The van der Waals surface area contributed by atoms with Crippen LogP contribution in [-0.4, -0.2) is 39.7 Å². The average Bonchev–Trinajstić information content (AvgIpc) is 1.98. The van der Waals surface area contributed by atoms with E-state index in [-0.39, 0.29) is 0 Å². The highest BCUT2D eigenvalue weighted by Crippen LogP contribution is 2.15. The first kappa shape index (κ1) is 11.6. The van der Waals surface area contributed by atoms with Crippen molar-refractivity contribution in [1.82, 2.24) is 0 Å². The Morgan fingerprint density at radius 3 is 2.42 bits per heavy atom. The molecule has 0 saturated carbocycles. The number of hydrogen-bond donors (Lipinski definition) is 3. The highest BCUT2D eigenvalue weighted by atomic mass is 31.1. The van der Waals surface area contributed by atoms with Crippen LogP contribution in [0, 0.1) is 0 Å². The van der Waals surface area contributed by atoms with Crippen molar-refractivity contribution in [1.29, 1.82) is 0 Å². The maximum atomic E-state index is 10.4. The van der Waals surface area contributed by atoms with E-state index in [2.05, 4.69) is 4.52 Å². The van der Waals surface area contributed by atoms with Crippen molar-refractivity contribution in [3.63, 3.8) is 0 Å². The van der Waals surface area contributed by atoms with Gasteiger partial charge in [0.15, 0.2) is 5.78 Å². The minimum Gasteiger partial charge on any atom is -0.387 e. The van der Waals surface area contributed by atoms with Crippen LogP contribution < -0.4 is 0 Å². The number of aliphatic hydroxyl groups is 2. The van der Waals surface area contributed by atoms with Gasteiger partial charge in [0, 0.05) is 4.57 Å². The lowest BCUT2D eigenvalue weighted by Crippen LogP contribution is -2.35. The summed E-state index contributed by atoms with van der Waals surface area (Å²) in [5.74, 6) is -0.626. The molecule has 3 N–H and O–H groups in total. The molecule has 0 aliphatic carbocycles. The summed E-state index contributed by atoms with van der Waals surface area (Å²) >= 11 is 0. The molecule has 0 amide bonds. The summed E-state index contributed by atoms with van der Waals surface area (Å²) in [5.41, 5.74) is 0. The molecule has 0 spiro atoms. The summed E-state index contributed by atoms with van der Waals surface area (Å²) in [4.78, 5) is 18.6. The Labute approximate surface area is 69.7 Å². The predicted octanol–water partition coefficient (Wildman–Crippen LogP) is -1.04. The maximum Gasteiger partial charge on any atom is 0.694 e. The molecule has 6 nitrogen and oxygen atoms in total. The molecule has 7 heteroatoms. The molecule has 3 unspecified atom stereocenters. The monoisotopic (exact) mass is 197 g/mol. The number of rotatable bonds is 5. The fourth-order valence-corrected chi connectivity index (χ4v) is 0.782. The van der Waals surface area contributed by atoms with Crippen LogP contribution in [0.25, 0.3) is 0 Å². The molecule has 0 heterocycles. The number of carbonyl (C=O) groups is 1. The number of Topliss-reactive ketones (excluding diaryl/α,β-unsaturated/α-hetero) is 1. The first-order valence-corrected chi connectivity index (χ1v) is 4.23. The molecule has 0 radical (unpaired) electrons. The van der Waals surface area contributed by atoms with Crippen LogP contribution in [-0.2, 0) is 13.9 Å². The Kier molecular flexibility index (Phi) is 5.12. The second-order valence-corrected chi connectivity index (χ2v) is 2.89. The first-order chi connectivity index (χ1) is 5.45. The number of carbonyl (C=O) groups excluding carboxylic acids is 1. The fourth-order valence-electron chi connectivity index (χ4n) is 0.502. The second-order valence-electron chi connectivity index (χ2n) is 2.16. The summed E-state index contributed by atoms with van der Waals surface area (Å²) in [6, 6.07) is 0. The van der Waals surface area contributed by atoms with Crippen molar-refractivity contribution in [2.45, 2.75) is 19.1 Å². The molecule has 0 aromatic rings. The largest absolute Gasteiger partial charge is 0.694 e.